The number of ether oxygens (including phenoxy) is 1. The molecule has 2 aromatic rings. The molecule has 2 aromatic carbocycles. The second-order valence-corrected chi connectivity index (χ2v) is 7.04. The summed E-state index contributed by atoms with van der Waals surface area (Å²) in [5.41, 5.74) is 0.146. The minimum atomic E-state index is -3.76. The fourth-order valence-electron chi connectivity index (χ4n) is 1.78. The van der Waals surface area contributed by atoms with E-state index in [1.807, 2.05) is 5.32 Å². The second-order valence-electron chi connectivity index (χ2n) is 5.09. The number of benzene rings is 2. The molecule has 25 heavy (non-hydrogen) atoms. The summed E-state index contributed by atoms with van der Waals surface area (Å²) < 4.78 is 29.8. The fourth-order valence-corrected chi connectivity index (χ4v) is 3.04. The highest BCUT2D eigenvalue weighted by Crippen LogP contribution is 2.24. The number of carbonyl (C=O) groups excluding carboxylic acids is 2. The van der Waals surface area contributed by atoms with Crippen molar-refractivity contribution in [3.05, 3.63) is 60.7 Å². The van der Waals surface area contributed by atoms with E-state index in [0.29, 0.717) is 0 Å². The molecular formula is C17H15NO6S. The van der Waals surface area contributed by atoms with E-state index < -0.39 is 21.8 Å². The van der Waals surface area contributed by atoms with Gasteiger partial charge in [0, 0.05) is 5.57 Å². The van der Waals surface area contributed by atoms with Crippen LogP contribution in [0.3, 0.4) is 0 Å². The Balaban J connectivity index is 2.14. The van der Waals surface area contributed by atoms with E-state index in [9.17, 15) is 23.1 Å². The van der Waals surface area contributed by atoms with Gasteiger partial charge in [0.05, 0.1) is 9.79 Å². The van der Waals surface area contributed by atoms with E-state index in [-0.39, 0.29) is 26.9 Å². The molecule has 130 valence electrons. The van der Waals surface area contributed by atoms with Gasteiger partial charge in [0.15, 0.2) is 0 Å². The maximum atomic E-state index is 12.4. The standard InChI is InChI=1S/C17H15NO6S/c1-11(2)16(20)18-17(21)24-13-5-9-15(10-6-13)25(22,23)14-7-3-12(19)4-8-14/h3-10,19H,1H2,2H3,(H,18,20,21). The van der Waals surface area contributed by atoms with E-state index >= 15 is 0 Å². The van der Waals surface area contributed by atoms with Gasteiger partial charge in [-0.1, -0.05) is 6.58 Å². The number of nitrogens with one attached hydrogen (secondary N) is 1. The van der Waals surface area contributed by atoms with E-state index in [0.717, 1.165) is 0 Å². The average Bonchev–Trinajstić information content (AvgIpc) is 2.55. The van der Waals surface area contributed by atoms with Crippen LogP contribution in [0.15, 0.2) is 70.5 Å². The van der Waals surface area contributed by atoms with E-state index in [2.05, 4.69) is 6.58 Å². The van der Waals surface area contributed by atoms with Crippen LogP contribution in [-0.4, -0.2) is 25.5 Å². The first-order valence-electron chi connectivity index (χ1n) is 7.03. The second kappa shape index (κ2) is 7.18. The first-order chi connectivity index (χ1) is 11.7. The van der Waals surface area contributed by atoms with Crippen molar-refractivity contribution in [1.29, 1.82) is 0 Å². The van der Waals surface area contributed by atoms with Gasteiger partial charge >= 0.3 is 6.09 Å². The first kappa shape index (κ1) is 18.2. The van der Waals surface area contributed by atoms with Crippen LogP contribution in [0.25, 0.3) is 0 Å². The van der Waals surface area contributed by atoms with Gasteiger partial charge in [-0.3, -0.25) is 10.1 Å². The van der Waals surface area contributed by atoms with Crippen LogP contribution in [-0.2, 0) is 14.6 Å². The number of hydrogen-bond donors (Lipinski definition) is 2. The zero-order valence-electron chi connectivity index (χ0n) is 13.2. The molecule has 2 amide bonds. The molecule has 0 heterocycles. The molecule has 0 spiro atoms. The van der Waals surface area contributed by atoms with Crippen LogP contribution < -0.4 is 10.1 Å². The van der Waals surface area contributed by atoms with Gasteiger partial charge in [0.25, 0.3) is 5.91 Å². The molecule has 0 aliphatic heterocycles. The number of phenols is 1. The number of hydrogen-bond acceptors (Lipinski definition) is 6. The Labute approximate surface area is 144 Å². The lowest BCUT2D eigenvalue weighted by atomic mass is 10.3. The molecule has 0 saturated carbocycles. The Bertz CT molecular complexity index is 915. The molecule has 2 N–H and O–H groups in total. The van der Waals surface area contributed by atoms with Crippen molar-refractivity contribution >= 4 is 21.8 Å². The number of phenolic OH excluding ortho intramolecular Hbond substituents is 1. The van der Waals surface area contributed by atoms with Gasteiger partial charge in [0.1, 0.15) is 11.5 Å². The average molecular weight is 361 g/mol. The smallest absolute Gasteiger partial charge is 0.419 e. The maximum Gasteiger partial charge on any atom is 0.419 e. The van der Waals surface area contributed by atoms with Crippen molar-refractivity contribution in [2.24, 2.45) is 0 Å². The third-order valence-electron chi connectivity index (χ3n) is 3.09. The first-order valence-corrected chi connectivity index (χ1v) is 8.51. The van der Waals surface area contributed by atoms with Gasteiger partial charge in [-0.15, -0.1) is 0 Å². The van der Waals surface area contributed by atoms with E-state index in [1.165, 1.54) is 55.5 Å². The van der Waals surface area contributed by atoms with E-state index in [4.69, 9.17) is 4.74 Å². The Kier molecular flexibility index (Phi) is 5.23. The van der Waals surface area contributed by atoms with Crippen LogP contribution in [0.5, 0.6) is 11.5 Å². The Morgan fingerprint density at radius 3 is 1.96 bits per heavy atom. The summed E-state index contributed by atoms with van der Waals surface area (Å²) in [5.74, 6) is -0.647. The number of carbonyl (C=O) groups is 2. The molecule has 0 bridgehead atoms. The predicted octanol–water partition coefficient (Wildman–Crippen LogP) is 2.42. The highest BCUT2D eigenvalue weighted by Gasteiger charge is 2.18. The summed E-state index contributed by atoms with van der Waals surface area (Å²) in [6.07, 6.45) is -0.998. The van der Waals surface area contributed by atoms with Crippen molar-refractivity contribution in [3.8, 4) is 11.5 Å². The zero-order chi connectivity index (χ0) is 18.6. The van der Waals surface area contributed by atoms with Gasteiger partial charge in [-0.2, -0.15) is 0 Å². The summed E-state index contributed by atoms with van der Waals surface area (Å²) >= 11 is 0. The van der Waals surface area contributed by atoms with Crippen LogP contribution in [0.1, 0.15) is 6.92 Å². The third-order valence-corrected chi connectivity index (χ3v) is 4.88. The Morgan fingerprint density at radius 1 is 1.00 bits per heavy atom. The number of rotatable bonds is 4. The van der Waals surface area contributed by atoms with Crippen LogP contribution in [0.2, 0.25) is 0 Å². The summed E-state index contributed by atoms with van der Waals surface area (Å²) in [7, 11) is -3.76. The number of imide groups is 1. The lowest BCUT2D eigenvalue weighted by Crippen LogP contribution is -2.33. The van der Waals surface area contributed by atoms with E-state index in [1.54, 1.807) is 0 Å². The fraction of sp³-hybridized carbons (Fsp3) is 0.0588. The van der Waals surface area contributed by atoms with Gasteiger partial charge < -0.3 is 9.84 Å². The molecule has 7 nitrogen and oxygen atoms in total. The summed E-state index contributed by atoms with van der Waals surface area (Å²) in [5, 5.41) is 11.2. The van der Waals surface area contributed by atoms with Crippen molar-refractivity contribution in [1.82, 2.24) is 5.32 Å². The van der Waals surface area contributed by atoms with Gasteiger partial charge in [0.2, 0.25) is 9.84 Å². The molecule has 0 aromatic heterocycles. The van der Waals surface area contributed by atoms with Gasteiger partial charge in [-0.25, -0.2) is 13.2 Å². The minimum Gasteiger partial charge on any atom is -0.508 e. The van der Waals surface area contributed by atoms with Crippen molar-refractivity contribution in [3.63, 3.8) is 0 Å². The van der Waals surface area contributed by atoms with Gasteiger partial charge in [-0.05, 0) is 55.5 Å². The molecule has 0 fully saturated rings. The lowest BCUT2D eigenvalue weighted by Gasteiger charge is -2.07. The van der Waals surface area contributed by atoms with Crippen molar-refractivity contribution in [2.45, 2.75) is 16.7 Å². The van der Waals surface area contributed by atoms with Crippen molar-refractivity contribution in [2.75, 3.05) is 0 Å². The summed E-state index contributed by atoms with van der Waals surface area (Å²) in [4.78, 5) is 22.8. The number of aromatic hydroxyl groups is 1. The SMILES string of the molecule is C=C(C)C(=O)NC(=O)Oc1ccc(S(=O)(=O)c2ccc(O)cc2)cc1. The summed E-state index contributed by atoms with van der Waals surface area (Å²) in [6.45, 7) is 4.82. The molecule has 0 radical (unpaired) electrons. The molecular weight excluding hydrogens is 346 g/mol. The monoisotopic (exact) mass is 361 g/mol. The molecule has 0 aliphatic carbocycles. The van der Waals surface area contributed by atoms with Crippen molar-refractivity contribution < 1.29 is 27.9 Å². The molecule has 0 unspecified atom stereocenters. The Hall–Kier alpha value is -3.13. The quantitative estimate of drug-likeness (QED) is 0.809. The summed E-state index contributed by atoms with van der Waals surface area (Å²) in [6, 6.07) is 10.2. The zero-order valence-corrected chi connectivity index (χ0v) is 14.0. The highest BCUT2D eigenvalue weighted by atomic mass is 32.2. The van der Waals surface area contributed by atoms with Crippen LogP contribution in [0, 0.1) is 0 Å². The maximum absolute atomic E-state index is 12.4. The largest absolute Gasteiger partial charge is 0.508 e. The minimum absolute atomic E-state index is 0.0102. The third kappa shape index (κ3) is 4.45. The van der Waals surface area contributed by atoms with Crippen LogP contribution >= 0.6 is 0 Å². The molecule has 0 aliphatic rings. The predicted molar refractivity (Wildman–Crippen MR) is 89.0 cm³/mol. The molecule has 2 rings (SSSR count). The Morgan fingerprint density at radius 2 is 1.48 bits per heavy atom. The van der Waals surface area contributed by atoms with Crippen LogP contribution in [0.4, 0.5) is 4.79 Å². The topological polar surface area (TPSA) is 110 Å². The molecule has 0 atom stereocenters. The lowest BCUT2D eigenvalue weighted by molar-refractivity contribution is -0.116. The molecule has 8 heteroatoms. The normalized spacial score (nSPS) is 10.8. The number of amides is 2. The molecule has 0 saturated heterocycles. The number of sulfone groups is 1. The highest BCUT2D eigenvalue weighted by molar-refractivity contribution is 7.91.